The third-order valence-electron chi connectivity index (χ3n) is 4.44. The van der Waals surface area contributed by atoms with E-state index in [4.69, 9.17) is 0 Å². The highest BCUT2D eigenvalue weighted by atomic mass is 32.2. The average Bonchev–Trinajstić information content (AvgIpc) is 2.97. The monoisotopic (exact) mass is 361 g/mol. The van der Waals surface area contributed by atoms with E-state index in [0.29, 0.717) is 31.3 Å². The fourth-order valence-corrected chi connectivity index (χ4v) is 4.95. The van der Waals surface area contributed by atoms with Gasteiger partial charge in [-0.1, -0.05) is 18.2 Å². The maximum absolute atomic E-state index is 11.8. The van der Waals surface area contributed by atoms with Gasteiger partial charge in [0, 0.05) is 24.8 Å². The van der Waals surface area contributed by atoms with Crippen LogP contribution in [-0.4, -0.2) is 54.2 Å². The van der Waals surface area contributed by atoms with E-state index in [9.17, 15) is 8.42 Å². The molecule has 0 bridgehead atoms. The third-order valence-corrected chi connectivity index (χ3v) is 6.19. The largest absolute Gasteiger partial charge is 0.351 e. The van der Waals surface area contributed by atoms with E-state index in [2.05, 4.69) is 15.2 Å². The zero-order valence-corrected chi connectivity index (χ0v) is 15.4. The van der Waals surface area contributed by atoms with Gasteiger partial charge < -0.3 is 9.80 Å². The minimum atomic E-state index is -2.95. The summed E-state index contributed by atoms with van der Waals surface area (Å²) >= 11 is 0. The van der Waals surface area contributed by atoms with Crippen molar-refractivity contribution < 1.29 is 8.42 Å². The molecule has 8 heteroatoms. The molecule has 25 heavy (non-hydrogen) atoms. The standard InChI is InChI=1S/C17H23N5O2S/c1-3-21(15-10-11-25(23,24)13-15)16-12-18-20-17(19-16)22(4-2)14-8-6-5-7-9-14/h5-9,12,15H,3-4,10-11,13H2,1-2H3. The quantitative estimate of drug-likeness (QED) is 0.779. The second-order valence-corrected chi connectivity index (χ2v) is 8.27. The highest BCUT2D eigenvalue weighted by molar-refractivity contribution is 7.91. The molecular formula is C17H23N5O2S. The van der Waals surface area contributed by atoms with Crippen molar-refractivity contribution in [2.24, 2.45) is 0 Å². The first-order chi connectivity index (χ1) is 12.0. The summed E-state index contributed by atoms with van der Waals surface area (Å²) in [5, 5.41) is 8.29. The number of rotatable bonds is 6. The second kappa shape index (κ2) is 7.35. The maximum Gasteiger partial charge on any atom is 0.251 e. The molecule has 0 spiro atoms. The maximum atomic E-state index is 11.8. The fourth-order valence-electron chi connectivity index (χ4n) is 3.21. The molecule has 3 rings (SSSR count). The summed E-state index contributed by atoms with van der Waals surface area (Å²) in [7, 11) is -2.95. The Balaban J connectivity index is 1.90. The SMILES string of the molecule is CCN(c1ccccc1)c1nncc(N(CC)C2CCS(=O)(=O)C2)n1. The first kappa shape index (κ1) is 17.6. The molecule has 134 valence electrons. The van der Waals surface area contributed by atoms with E-state index in [0.717, 1.165) is 5.69 Å². The van der Waals surface area contributed by atoms with Crippen molar-refractivity contribution >= 4 is 27.3 Å². The summed E-state index contributed by atoms with van der Waals surface area (Å²) in [5.41, 5.74) is 0.996. The Hall–Kier alpha value is -2.22. The number of aromatic nitrogens is 3. The van der Waals surface area contributed by atoms with Crippen molar-refractivity contribution in [1.82, 2.24) is 15.2 Å². The lowest BCUT2D eigenvalue weighted by molar-refractivity contribution is 0.599. The van der Waals surface area contributed by atoms with Gasteiger partial charge in [0.2, 0.25) is 0 Å². The topological polar surface area (TPSA) is 79.3 Å². The molecule has 0 N–H and O–H groups in total. The Bertz CT molecular complexity index is 813. The van der Waals surface area contributed by atoms with Crippen LogP contribution in [0.1, 0.15) is 20.3 Å². The molecule has 2 aromatic rings. The van der Waals surface area contributed by atoms with E-state index < -0.39 is 9.84 Å². The van der Waals surface area contributed by atoms with E-state index >= 15 is 0 Å². The van der Waals surface area contributed by atoms with Gasteiger partial charge in [-0.2, -0.15) is 10.1 Å². The molecular weight excluding hydrogens is 338 g/mol. The molecule has 0 aliphatic carbocycles. The van der Waals surface area contributed by atoms with Crippen molar-refractivity contribution in [3.8, 4) is 0 Å². The number of anilines is 3. The molecule has 0 amide bonds. The van der Waals surface area contributed by atoms with E-state index in [1.54, 1.807) is 6.20 Å². The van der Waals surface area contributed by atoms with Crippen LogP contribution < -0.4 is 9.80 Å². The van der Waals surface area contributed by atoms with Gasteiger partial charge in [0.25, 0.3) is 5.95 Å². The van der Waals surface area contributed by atoms with Crippen LogP contribution >= 0.6 is 0 Å². The van der Waals surface area contributed by atoms with Gasteiger partial charge in [0.05, 0.1) is 17.7 Å². The molecule has 1 unspecified atom stereocenters. The predicted octanol–water partition coefficient (Wildman–Crippen LogP) is 2.04. The summed E-state index contributed by atoms with van der Waals surface area (Å²) in [6.07, 6.45) is 2.24. The molecule has 1 atom stereocenters. The summed E-state index contributed by atoms with van der Waals surface area (Å²) in [6, 6.07) is 9.85. The number of hydrogen-bond donors (Lipinski definition) is 0. The summed E-state index contributed by atoms with van der Waals surface area (Å²) in [5.74, 6) is 1.61. The van der Waals surface area contributed by atoms with E-state index in [1.165, 1.54) is 0 Å². The summed E-state index contributed by atoms with van der Waals surface area (Å²) < 4.78 is 23.6. The predicted molar refractivity (Wildman–Crippen MR) is 99.0 cm³/mol. The van der Waals surface area contributed by atoms with Crippen LogP contribution in [0.2, 0.25) is 0 Å². The van der Waals surface area contributed by atoms with Crippen LogP contribution in [0.3, 0.4) is 0 Å². The van der Waals surface area contributed by atoms with Gasteiger partial charge >= 0.3 is 0 Å². The van der Waals surface area contributed by atoms with Gasteiger partial charge in [-0.3, -0.25) is 0 Å². The fraction of sp³-hybridized carbons (Fsp3) is 0.471. The Labute approximate surface area is 148 Å². The normalized spacial score (nSPS) is 18.9. The van der Waals surface area contributed by atoms with E-state index in [1.807, 2.05) is 54.0 Å². The number of para-hydroxylation sites is 1. The lowest BCUT2D eigenvalue weighted by Crippen LogP contribution is -2.37. The van der Waals surface area contributed by atoms with E-state index in [-0.39, 0.29) is 17.5 Å². The zero-order valence-electron chi connectivity index (χ0n) is 14.5. The van der Waals surface area contributed by atoms with Crippen LogP contribution in [-0.2, 0) is 9.84 Å². The Kier molecular flexibility index (Phi) is 5.17. The van der Waals surface area contributed by atoms with Crippen LogP contribution in [0.25, 0.3) is 0 Å². The molecule has 1 saturated heterocycles. The smallest absolute Gasteiger partial charge is 0.251 e. The lowest BCUT2D eigenvalue weighted by atomic mass is 10.2. The number of benzene rings is 1. The number of sulfone groups is 1. The van der Waals surface area contributed by atoms with Gasteiger partial charge in [-0.15, -0.1) is 5.10 Å². The summed E-state index contributed by atoms with van der Waals surface area (Å²) in [6.45, 7) is 5.42. The van der Waals surface area contributed by atoms with Gasteiger partial charge in [0.1, 0.15) is 0 Å². The van der Waals surface area contributed by atoms with Crippen LogP contribution in [0.15, 0.2) is 36.5 Å². The minimum absolute atomic E-state index is 0.0497. The van der Waals surface area contributed by atoms with Crippen molar-refractivity contribution in [3.05, 3.63) is 36.5 Å². The third kappa shape index (κ3) is 3.89. The zero-order chi connectivity index (χ0) is 17.9. The van der Waals surface area contributed by atoms with Crippen LogP contribution in [0.5, 0.6) is 0 Å². The van der Waals surface area contributed by atoms with Gasteiger partial charge in [-0.25, -0.2) is 8.42 Å². The highest BCUT2D eigenvalue weighted by Gasteiger charge is 2.32. The highest BCUT2D eigenvalue weighted by Crippen LogP contribution is 2.25. The molecule has 1 aromatic heterocycles. The van der Waals surface area contributed by atoms with Crippen LogP contribution in [0.4, 0.5) is 17.5 Å². The van der Waals surface area contributed by atoms with Crippen molar-refractivity contribution in [2.45, 2.75) is 26.3 Å². The molecule has 7 nitrogen and oxygen atoms in total. The molecule has 1 fully saturated rings. The van der Waals surface area contributed by atoms with Crippen molar-refractivity contribution in [2.75, 3.05) is 34.4 Å². The van der Waals surface area contributed by atoms with Crippen molar-refractivity contribution in [3.63, 3.8) is 0 Å². The molecule has 0 radical (unpaired) electrons. The van der Waals surface area contributed by atoms with Gasteiger partial charge in [-0.05, 0) is 32.4 Å². The number of hydrogen-bond acceptors (Lipinski definition) is 7. The lowest BCUT2D eigenvalue weighted by Gasteiger charge is -2.28. The van der Waals surface area contributed by atoms with Crippen molar-refractivity contribution in [1.29, 1.82) is 0 Å². The molecule has 2 heterocycles. The molecule has 1 aliphatic rings. The summed E-state index contributed by atoms with van der Waals surface area (Å²) in [4.78, 5) is 8.66. The van der Waals surface area contributed by atoms with Crippen LogP contribution in [0, 0.1) is 0 Å². The Morgan fingerprint density at radius 1 is 1.16 bits per heavy atom. The van der Waals surface area contributed by atoms with Gasteiger partial charge in [0.15, 0.2) is 15.7 Å². The number of nitrogens with zero attached hydrogens (tertiary/aromatic N) is 5. The minimum Gasteiger partial charge on any atom is -0.351 e. The second-order valence-electron chi connectivity index (χ2n) is 6.04. The molecule has 1 aromatic carbocycles. The Morgan fingerprint density at radius 3 is 2.52 bits per heavy atom. The first-order valence-corrected chi connectivity index (χ1v) is 10.4. The molecule has 1 aliphatic heterocycles. The average molecular weight is 361 g/mol. The first-order valence-electron chi connectivity index (χ1n) is 8.53. The Morgan fingerprint density at radius 2 is 1.92 bits per heavy atom. The molecule has 0 saturated carbocycles.